The van der Waals surface area contributed by atoms with Crippen molar-refractivity contribution < 1.29 is 14.5 Å². The van der Waals surface area contributed by atoms with Crippen molar-refractivity contribution in [2.45, 2.75) is 13.3 Å². The van der Waals surface area contributed by atoms with Crippen LogP contribution in [0.5, 0.6) is 0 Å². The minimum atomic E-state index is -0.496. The number of halogens is 1. The van der Waals surface area contributed by atoms with E-state index in [-0.39, 0.29) is 23.9 Å². The quantitative estimate of drug-likeness (QED) is 0.306. The number of thiophene rings is 1. The maximum atomic E-state index is 12.3. The molecule has 0 atom stereocenters. The van der Waals surface area contributed by atoms with Crippen LogP contribution in [0.25, 0.3) is 0 Å². The summed E-state index contributed by atoms with van der Waals surface area (Å²) >= 11 is 7.05. The first-order valence-corrected chi connectivity index (χ1v) is 10.2. The highest BCUT2D eigenvalue weighted by Crippen LogP contribution is 2.22. The molecule has 1 aromatic heterocycles. The normalized spacial score (nSPS) is 11.1. The second-order valence-corrected chi connectivity index (χ2v) is 8.19. The Morgan fingerprint density at radius 3 is 2.52 bits per heavy atom. The lowest BCUT2D eigenvalue weighted by molar-refractivity contribution is -0.384. The lowest BCUT2D eigenvalue weighted by atomic mass is 10.1. The average Bonchev–Trinajstić information content (AvgIpc) is 3.19. The van der Waals surface area contributed by atoms with Crippen molar-refractivity contribution in [1.82, 2.24) is 5.43 Å². The molecule has 0 bridgehead atoms. The van der Waals surface area contributed by atoms with Crippen LogP contribution in [-0.4, -0.2) is 22.4 Å². The molecule has 3 rings (SSSR count). The molecule has 0 aliphatic heterocycles. The van der Waals surface area contributed by atoms with Gasteiger partial charge in [0.25, 0.3) is 11.6 Å². The second-order valence-electron chi connectivity index (χ2n) is 6.47. The van der Waals surface area contributed by atoms with Crippen LogP contribution in [0.4, 0.5) is 11.4 Å². The Bertz CT molecular complexity index is 1160. The minimum Gasteiger partial charge on any atom is -0.321 e. The van der Waals surface area contributed by atoms with E-state index in [1.807, 2.05) is 0 Å². The Balaban J connectivity index is 1.60. The maximum Gasteiger partial charge on any atom is 0.269 e. The summed E-state index contributed by atoms with van der Waals surface area (Å²) in [7, 11) is 0. The predicted octanol–water partition coefficient (Wildman–Crippen LogP) is 4.64. The van der Waals surface area contributed by atoms with Crippen LogP contribution in [0, 0.1) is 10.1 Å². The van der Waals surface area contributed by atoms with Crippen molar-refractivity contribution in [3.05, 3.63) is 91.1 Å². The lowest BCUT2D eigenvalue weighted by Crippen LogP contribution is -2.21. The zero-order valence-electron chi connectivity index (χ0n) is 16.3. The van der Waals surface area contributed by atoms with Crippen LogP contribution in [-0.2, 0) is 11.2 Å². The van der Waals surface area contributed by atoms with E-state index in [0.717, 1.165) is 5.56 Å². The number of amides is 2. The van der Waals surface area contributed by atoms with Crippen LogP contribution >= 0.6 is 22.9 Å². The van der Waals surface area contributed by atoms with E-state index in [1.165, 1.54) is 35.6 Å². The summed E-state index contributed by atoms with van der Waals surface area (Å²) in [5.74, 6) is -0.618. The molecular weight excluding hydrogens is 440 g/mol. The lowest BCUT2D eigenvalue weighted by Gasteiger charge is -2.07. The molecule has 8 nitrogen and oxygen atoms in total. The third-order valence-corrected chi connectivity index (χ3v) is 5.43. The smallest absolute Gasteiger partial charge is 0.269 e. The first kappa shape index (κ1) is 22.1. The summed E-state index contributed by atoms with van der Waals surface area (Å²) in [4.78, 5) is 35.1. The number of rotatable bonds is 7. The first-order valence-electron chi connectivity index (χ1n) is 9.05. The molecule has 0 aliphatic carbocycles. The van der Waals surface area contributed by atoms with Crippen LogP contribution < -0.4 is 10.7 Å². The largest absolute Gasteiger partial charge is 0.321 e. The van der Waals surface area contributed by atoms with Crippen LogP contribution in [0.2, 0.25) is 4.34 Å². The first-order chi connectivity index (χ1) is 14.8. The Hall–Kier alpha value is -3.56. The monoisotopic (exact) mass is 456 g/mol. The summed E-state index contributed by atoms with van der Waals surface area (Å²) < 4.78 is 0.534. The molecule has 10 heteroatoms. The molecule has 0 aliphatic rings. The highest BCUT2D eigenvalue weighted by Gasteiger charge is 2.10. The van der Waals surface area contributed by atoms with E-state index < -0.39 is 4.92 Å². The van der Waals surface area contributed by atoms with Crippen molar-refractivity contribution in [3.8, 4) is 0 Å². The topological polar surface area (TPSA) is 114 Å². The number of benzene rings is 2. The highest BCUT2D eigenvalue weighted by molar-refractivity contribution is 7.18. The molecule has 2 N–H and O–H groups in total. The van der Waals surface area contributed by atoms with Gasteiger partial charge in [-0.05, 0) is 42.3 Å². The fourth-order valence-electron chi connectivity index (χ4n) is 2.62. The van der Waals surface area contributed by atoms with Gasteiger partial charge < -0.3 is 5.32 Å². The SMILES string of the molecule is C/C(=N/NC(=O)Cc1ccc([N+](=O)[O-])cc1)c1cccc(NC(=O)c2ccc(Cl)s2)c1. The van der Waals surface area contributed by atoms with Crippen molar-refractivity contribution in [3.63, 3.8) is 0 Å². The van der Waals surface area contributed by atoms with Crippen molar-refractivity contribution in [1.29, 1.82) is 0 Å². The summed E-state index contributed by atoms with van der Waals surface area (Å²) in [6.45, 7) is 1.73. The number of carbonyl (C=O) groups is 2. The van der Waals surface area contributed by atoms with Crippen molar-refractivity contribution >= 4 is 51.8 Å². The van der Waals surface area contributed by atoms with E-state index in [4.69, 9.17) is 11.6 Å². The molecule has 31 heavy (non-hydrogen) atoms. The summed E-state index contributed by atoms with van der Waals surface area (Å²) in [6.07, 6.45) is 0.0360. The van der Waals surface area contributed by atoms with E-state index in [0.29, 0.717) is 26.2 Å². The fraction of sp³-hybridized carbons (Fsp3) is 0.0952. The summed E-state index contributed by atoms with van der Waals surface area (Å²) in [6, 6.07) is 16.1. The number of carbonyl (C=O) groups excluding carboxylic acids is 2. The Kier molecular flexibility index (Phi) is 7.11. The number of hydrazone groups is 1. The van der Waals surface area contributed by atoms with E-state index in [2.05, 4.69) is 15.8 Å². The Morgan fingerprint density at radius 2 is 1.87 bits per heavy atom. The molecule has 0 spiro atoms. The molecule has 0 saturated heterocycles. The molecule has 158 valence electrons. The molecule has 0 saturated carbocycles. The number of hydrogen-bond donors (Lipinski definition) is 2. The van der Waals surface area contributed by atoms with Gasteiger partial charge in [0.1, 0.15) is 0 Å². The summed E-state index contributed by atoms with van der Waals surface area (Å²) in [5, 5.41) is 17.6. The van der Waals surface area contributed by atoms with Gasteiger partial charge in [0.15, 0.2) is 0 Å². The Morgan fingerprint density at radius 1 is 1.13 bits per heavy atom. The van der Waals surface area contributed by atoms with Crippen molar-refractivity contribution in [2.24, 2.45) is 5.10 Å². The minimum absolute atomic E-state index is 0.0350. The highest BCUT2D eigenvalue weighted by atomic mass is 35.5. The zero-order chi connectivity index (χ0) is 22.4. The number of non-ortho nitro benzene ring substituents is 1. The second kappa shape index (κ2) is 9.96. The molecule has 0 radical (unpaired) electrons. The van der Waals surface area contributed by atoms with E-state index in [1.54, 1.807) is 43.3 Å². The molecule has 2 amide bonds. The molecule has 2 aromatic carbocycles. The van der Waals surface area contributed by atoms with Gasteiger partial charge in [-0.1, -0.05) is 35.9 Å². The third-order valence-electron chi connectivity index (χ3n) is 4.20. The summed E-state index contributed by atoms with van der Waals surface area (Å²) in [5.41, 5.74) is 4.92. The number of nitro benzene ring substituents is 1. The van der Waals surface area contributed by atoms with Gasteiger partial charge in [-0.3, -0.25) is 19.7 Å². The standard InChI is InChI=1S/C21H17ClN4O4S/c1-13(24-25-20(27)11-14-5-7-17(8-6-14)26(29)30)15-3-2-4-16(12-15)23-21(28)18-9-10-19(22)31-18/h2-10,12H,11H2,1H3,(H,23,28)(H,25,27)/b24-13-. The molecule has 0 fully saturated rings. The van der Waals surface area contributed by atoms with Gasteiger partial charge in [-0.15, -0.1) is 11.3 Å². The van der Waals surface area contributed by atoms with Crippen LogP contribution in [0.1, 0.15) is 27.7 Å². The van der Waals surface area contributed by atoms with Gasteiger partial charge >= 0.3 is 0 Å². The number of hydrogen-bond acceptors (Lipinski definition) is 6. The number of anilines is 1. The van der Waals surface area contributed by atoms with E-state index in [9.17, 15) is 19.7 Å². The van der Waals surface area contributed by atoms with Gasteiger partial charge in [-0.2, -0.15) is 5.10 Å². The van der Waals surface area contributed by atoms with Gasteiger partial charge in [0.2, 0.25) is 5.91 Å². The van der Waals surface area contributed by atoms with Crippen LogP contribution in [0.15, 0.2) is 65.8 Å². The molecule has 3 aromatic rings. The fourth-order valence-corrected chi connectivity index (χ4v) is 3.56. The predicted molar refractivity (Wildman–Crippen MR) is 121 cm³/mol. The van der Waals surface area contributed by atoms with Gasteiger partial charge in [-0.25, -0.2) is 5.43 Å². The maximum absolute atomic E-state index is 12.3. The van der Waals surface area contributed by atoms with Gasteiger partial charge in [0, 0.05) is 17.8 Å². The molecular formula is C21H17ClN4O4S. The van der Waals surface area contributed by atoms with Gasteiger partial charge in [0.05, 0.1) is 26.3 Å². The molecule has 1 heterocycles. The van der Waals surface area contributed by atoms with Crippen molar-refractivity contribution in [2.75, 3.05) is 5.32 Å². The number of nitrogens with zero attached hydrogens (tertiary/aromatic N) is 2. The third kappa shape index (κ3) is 6.21. The Labute approximate surface area is 186 Å². The zero-order valence-corrected chi connectivity index (χ0v) is 17.9. The average molecular weight is 457 g/mol. The van der Waals surface area contributed by atoms with E-state index >= 15 is 0 Å². The molecule has 0 unspecified atom stereocenters. The number of nitrogens with one attached hydrogen (secondary N) is 2. The number of nitro groups is 1. The van der Waals surface area contributed by atoms with Crippen LogP contribution in [0.3, 0.4) is 0 Å².